The number of nitrogens with two attached hydrogens (primary N) is 2. The van der Waals surface area contributed by atoms with Crippen molar-refractivity contribution in [1.29, 1.82) is 0 Å². The van der Waals surface area contributed by atoms with Crippen LogP contribution >= 0.6 is 0 Å². The van der Waals surface area contributed by atoms with Crippen LogP contribution in [0, 0.1) is 5.41 Å². The van der Waals surface area contributed by atoms with Crippen LogP contribution in [0.2, 0.25) is 0 Å². The van der Waals surface area contributed by atoms with Gasteiger partial charge >= 0.3 is 0 Å². The van der Waals surface area contributed by atoms with Crippen molar-refractivity contribution in [3.8, 4) is 0 Å². The van der Waals surface area contributed by atoms with Crippen LogP contribution in [0.3, 0.4) is 0 Å². The zero-order valence-corrected chi connectivity index (χ0v) is 10.8. The molecule has 0 aromatic heterocycles. The molecule has 6 nitrogen and oxygen atoms in total. The minimum atomic E-state index is -0.664. The minimum Gasteiger partial charge on any atom is -0.375 e. The van der Waals surface area contributed by atoms with Crippen LogP contribution in [0.4, 0.5) is 0 Å². The van der Waals surface area contributed by atoms with Crippen molar-refractivity contribution in [2.75, 3.05) is 26.2 Å². The predicted octanol–water partition coefficient (Wildman–Crippen LogP) is -0.467. The van der Waals surface area contributed by atoms with Crippen LogP contribution in [0.1, 0.15) is 20.8 Å². The molecule has 1 rings (SSSR count). The molecule has 1 amide bonds. The second-order valence-corrected chi connectivity index (χ2v) is 5.05. The van der Waals surface area contributed by atoms with E-state index in [-0.39, 0.29) is 12.0 Å². The zero-order chi connectivity index (χ0) is 13.1. The molecular weight excluding hydrogens is 220 g/mol. The lowest BCUT2D eigenvalue weighted by Crippen LogP contribution is -2.48. The Balaban J connectivity index is 2.57. The van der Waals surface area contributed by atoms with Crippen molar-refractivity contribution in [3.63, 3.8) is 0 Å². The van der Waals surface area contributed by atoms with Crippen molar-refractivity contribution in [2.24, 2.45) is 21.9 Å². The molecule has 1 atom stereocenters. The number of amides is 1. The molecule has 0 radical (unpaired) electrons. The lowest BCUT2D eigenvalue weighted by atomic mass is 9.93. The molecule has 1 fully saturated rings. The third kappa shape index (κ3) is 3.89. The number of carbonyl (C=O) groups excluding carboxylic acids is 1. The fourth-order valence-corrected chi connectivity index (χ4v) is 1.48. The Morgan fingerprint density at radius 2 is 2.18 bits per heavy atom. The molecule has 1 heterocycles. The molecule has 1 aliphatic heterocycles. The normalized spacial score (nSPS) is 22.6. The maximum absolute atomic E-state index is 11.1. The highest BCUT2D eigenvalue weighted by atomic mass is 16.5. The van der Waals surface area contributed by atoms with Gasteiger partial charge in [-0.15, -0.1) is 0 Å². The smallest absolute Gasteiger partial charge is 0.224 e. The number of primary amides is 1. The Hall–Kier alpha value is -1.30. The van der Waals surface area contributed by atoms with E-state index in [9.17, 15) is 4.79 Å². The highest BCUT2D eigenvalue weighted by Crippen LogP contribution is 2.14. The molecule has 17 heavy (non-hydrogen) atoms. The first-order chi connectivity index (χ1) is 7.83. The highest BCUT2D eigenvalue weighted by molar-refractivity contribution is 5.82. The maximum Gasteiger partial charge on any atom is 0.224 e. The second-order valence-electron chi connectivity index (χ2n) is 5.05. The van der Waals surface area contributed by atoms with Gasteiger partial charge in [-0.2, -0.15) is 0 Å². The number of guanidine groups is 1. The number of aliphatic imine (C=N–C) groups is 1. The van der Waals surface area contributed by atoms with E-state index in [1.165, 1.54) is 0 Å². The zero-order valence-electron chi connectivity index (χ0n) is 10.8. The molecule has 0 saturated carbocycles. The van der Waals surface area contributed by atoms with Crippen molar-refractivity contribution < 1.29 is 9.53 Å². The van der Waals surface area contributed by atoms with Crippen LogP contribution in [0.15, 0.2) is 4.99 Å². The lowest BCUT2D eigenvalue weighted by molar-refractivity contribution is -0.125. The number of morpholine rings is 1. The Bertz CT molecular complexity index is 315. The first-order valence-corrected chi connectivity index (χ1v) is 5.79. The van der Waals surface area contributed by atoms with Crippen LogP contribution < -0.4 is 11.5 Å². The number of rotatable bonds is 3. The number of nitrogens with zero attached hydrogens (tertiary/aromatic N) is 2. The van der Waals surface area contributed by atoms with Gasteiger partial charge < -0.3 is 21.1 Å². The van der Waals surface area contributed by atoms with E-state index in [1.54, 1.807) is 13.8 Å². The summed E-state index contributed by atoms with van der Waals surface area (Å²) >= 11 is 0. The van der Waals surface area contributed by atoms with E-state index in [0.717, 1.165) is 13.1 Å². The van der Waals surface area contributed by atoms with E-state index in [0.29, 0.717) is 19.1 Å². The molecule has 6 heteroatoms. The summed E-state index contributed by atoms with van der Waals surface area (Å²) in [6, 6.07) is 0. The molecule has 1 unspecified atom stereocenters. The molecule has 0 aliphatic carbocycles. The Morgan fingerprint density at radius 1 is 1.53 bits per heavy atom. The summed E-state index contributed by atoms with van der Waals surface area (Å²) in [6.45, 7) is 7.93. The van der Waals surface area contributed by atoms with Gasteiger partial charge in [-0.25, -0.2) is 0 Å². The standard InChI is InChI=1S/C11H22N4O2/c1-8-6-15(4-5-17-8)10(13)14-7-11(2,3)9(12)16/h8H,4-7H2,1-3H3,(H2,12,16)(H2,13,14). The summed E-state index contributed by atoms with van der Waals surface area (Å²) in [7, 11) is 0. The fraction of sp³-hybridized carbons (Fsp3) is 0.818. The van der Waals surface area contributed by atoms with Crippen LogP contribution in [0.5, 0.6) is 0 Å². The van der Waals surface area contributed by atoms with Gasteiger partial charge in [-0.3, -0.25) is 9.79 Å². The lowest BCUT2D eigenvalue weighted by Gasteiger charge is -2.32. The third-order valence-corrected chi connectivity index (χ3v) is 2.87. The summed E-state index contributed by atoms with van der Waals surface area (Å²) in [5.74, 6) is 0.0823. The summed E-state index contributed by atoms with van der Waals surface area (Å²) in [6.07, 6.45) is 0.154. The maximum atomic E-state index is 11.1. The van der Waals surface area contributed by atoms with E-state index in [1.807, 2.05) is 11.8 Å². The van der Waals surface area contributed by atoms with Crippen molar-refractivity contribution >= 4 is 11.9 Å². The van der Waals surface area contributed by atoms with Crippen LogP contribution in [0.25, 0.3) is 0 Å². The molecule has 0 aromatic rings. The largest absolute Gasteiger partial charge is 0.375 e. The summed E-state index contributed by atoms with van der Waals surface area (Å²) in [4.78, 5) is 17.3. The summed E-state index contributed by atoms with van der Waals surface area (Å²) in [5.41, 5.74) is 10.5. The molecule has 4 N–H and O–H groups in total. The van der Waals surface area contributed by atoms with Gasteiger partial charge in [-0.05, 0) is 20.8 Å². The molecule has 1 aliphatic rings. The molecule has 0 aromatic carbocycles. The summed E-state index contributed by atoms with van der Waals surface area (Å²) < 4.78 is 5.42. The number of hydrogen-bond donors (Lipinski definition) is 2. The van der Waals surface area contributed by atoms with Gasteiger partial charge in [0.2, 0.25) is 5.91 Å². The molecule has 98 valence electrons. The fourth-order valence-electron chi connectivity index (χ4n) is 1.48. The van der Waals surface area contributed by atoms with Crippen molar-refractivity contribution in [1.82, 2.24) is 4.90 Å². The van der Waals surface area contributed by atoms with Gasteiger partial charge in [0.15, 0.2) is 5.96 Å². The van der Waals surface area contributed by atoms with Gasteiger partial charge in [0, 0.05) is 13.1 Å². The van der Waals surface area contributed by atoms with Crippen LogP contribution in [-0.2, 0) is 9.53 Å². The monoisotopic (exact) mass is 242 g/mol. The van der Waals surface area contributed by atoms with Gasteiger partial charge in [0.05, 0.1) is 24.7 Å². The third-order valence-electron chi connectivity index (χ3n) is 2.87. The van der Waals surface area contributed by atoms with Crippen molar-refractivity contribution in [3.05, 3.63) is 0 Å². The summed E-state index contributed by atoms with van der Waals surface area (Å²) in [5, 5.41) is 0. The number of hydrogen-bond acceptors (Lipinski definition) is 3. The van der Waals surface area contributed by atoms with E-state index in [4.69, 9.17) is 16.2 Å². The Kier molecular flexibility index (Phi) is 4.34. The van der Waals surface area contributed by atoms with Gasteiger partial charge in [0.25, 0.3) is 0 Å². The van der Waals surface area contributed by atoms with E-state index < -0.39 is 5.41 Å². The Morgan fingerprint density at radius 3 is 2.71 bits per heavy atom. The molecule has 0 bridgehead atoms. The number of ether oxygens (including phenoxy) is 1. The Labute approximate surface area is 102 Å². The average molecular weight is 242 g/mol. The van der Waals surface area contributed by atoms with Gasteiger partial charge in [-0.1, -0.05) is 0 Å². The van der Waals surface area contributed by atoms with Gasteiger partial charge in [0.1, 0.15) is 0 Å². The average Bonchev–Trinajstić information content (AvgIpc) is 2.25. The van der Waals surface area contributed by atoms with Crippen LogP contribution in [-0.4, -0.2) is 49.1 Å². The minimum absolute atomic E-state index is 0.154. The molecule has 0 spiro atoms. The highest BCUT2D eigenvalue weighted by Gasteiger charge is 2.25. The first kappa shape index (κ1) is 13.8. The first-order valence-electron chi connectivity index (χ1n) is 5.79. The van der Waals surface area contributed by atoms with E-state index in [2.05, 4.69) is 4.99 Å². The second kappa shape index (κ2) is 5.35. The van der Waals surface area contributed by atoms with Crippen molar-refractivity contribution in [2.45, 2.75) is 26.9 Å². The predicted molar refractivity (Wildman–Crippen MR) is 66.5 cm³/mol. The molecule has 1 saturated heterocycles. The topological polar surface area (TPSA) is 93.9 Å². The quantitative estimate of drug-likeness (QED) is 0.517. The number of carbonyl (C=O) groups is 1. The van der Waals surface area contributed by atoms with E-state index >= 15 is 0 Å². The SMILES string of the molecule is CC1CN(C(N)=NCC(C)(C)C(N)=O)CCO1. The molecular formula is C11H22N4O2.